The lowest BCUT2D eigenvalue weighted by atomic mass is 10.1. The summed E-state index contributed by atoms with van der Waals surface area (Å²) in [6.45, 7) is 3.10. The first kappa shape index (κ1) is 18.7. The van der Waals surface area contributed by atoms with E-state index in [9.17, 15) is 9.59 Å². The molecule has 0 atom stereocenters. The van der Waals surface area contributed by atoms with Crippen molar-refractivity contribution < 1.29 is 14.3 Å². The second kappa shape index (κ2) is 9.59. The Morgan fingerprint density at radius 1 is 1.04 bits per heavy atom. The zero-order valence-corrected chi connectivity index (χ0v) is 14.5. The third-order valence-electron chi connectivity index (χ3n) is 3.81. The number of amides is 1. The summed E-state index contributed by atoms with van der Waals surface area (Å²) < 4.78 is 5.41. The minimum atomic E-state index is -0.126. The number of rotatable bonds is 9. The van der Waals surface area contributed by atoms with Gasteiger partial charge >= 0.3 is 0 Å². The molecule has 2 aromatic rings. The van der Waals surface area contributed by atoms with Crippen LogP contribution in [0, 0.1) is 6.92 Å². The third kappa shape index (κ3) is 6.39. The number of carbonyl (C=O) groups is 2. The summed E-state index contributed by atoms with van der Waals surface area (Å²) in [5, 5.41) is 2.79. The Bertz CT molecular complexity index is 711. The van der Waals surface area contributed by atoms with E-state index in [-0.39, 0.29) is 11.7 Å². The van der Waals surface area contributed by atoms with E-state index < -0.39 is 0 Å². The van der Waals surface area contributed by atoms with Gasteiger partial charge in [-0.25, -0.2) is 0 Å². The van der Waals surface area contributed by atoms with Gasteiger partial charge in [0, 0.05) is 30.6 Å². The van der Waals surface area contributed by atoms with Crippen molar-refractivity contribution in [2.45, 2.75) is 19.8 Å². The molecule has 0 radical (unpaired) electrons. The fourth-order valence-corrected chi connectivity index (χ4v) is 2.33. The average molecular weight is 340 g/mol. The van der Waals surface area contributed by atoms with Crippen molar-refractivity contribution in [2.75, 3.05) is 25.5 Å². The Morgan fingerprint density at radius 2 is 1.76 bits per heavy atom. The molecule has 0 aliphatic rings. The first-order valence-electron chi connectivity index (χ1n) is 8.34. The summed E-state index contributed by atoms with van der Waals surface area (Å²) in [6.07, 6.45) is 0.653. The van der Waals surface area contributed by atoms with E-state index in [4.69, 9.17) is 10.5 Å². The topological polar surface area (TPSA) is 81.4 Å². The van der Waals surface area contributed by atoms with Gasteiger partial charge in [0.2, 0.25) is 0 Å². The van der Waals surface area contributed by atoms with Gasteiger partial charge in [-0.1, -0.05) is 35.9 Å². The van der Waals surface area contributed by atoms with Crippen LogP contribution in [0.25, 0.3) is 0 Å². The van der Waals surface area contributed by atoms with E-state index in [2.05, 4.69) is 5.32 Å². The van der Waals surface area contributed by atoms with E-state index in [1.165, 1.54) is 0 Å². The van der Waals surface area contributed by atoms with E-state index in [0.717, 1.165) is 11.1 Å². The fourth-order valence-electron chi connectivity index (χ4n) is 2.33. The Labute approximate surface area is 148 Å². The molecule has 2 rings (SSSR count). The first-order chi connectivity index (χ1) is 12.1. The van der Waals surface area contributed by atoms with Crippen molar-refractivity contribution in [2.24, 2.45) is 0 Å². The predicted octanol–water partition coefficient (Wildman–Crippen LogP) is 2.53. The number of para-hydroxylation sites is 1. The molecular formula is C20H24N2O3. The van der Waals surface area contributed by atoms with Crippen LogP contribution in [0.1, 0.15) is 27.9 Å². The largest absolute Gasteiger partial charge is 0.398 e. The lowest BCUT2D eigenvalue weighted by Gasteiger charge is -2.07. The second-order valence-electron chi connectivity index (χ2n) is 5.90. The molecule has 0 heterocycles. The van der Waals surface area contributed by atoms with Gasteiger partial charge in [0.1, 0.15) is 5.78 Å². The molecule has 3 N–H and O–H groups in total. The van der Waals surface area contributed by atoms with Gasteiger partial charge in [-0.05, 0) is 30.7 Å². The number of ketones is 1. The van der Waals surface area contributed by atoms with Crippen molar-refractivity contribution in [1.82, 2.24) is 5.32 Å². The molecule has 5 nitrogen and oxygen atoms in total. The van der Waals surface area contributed by atoms with E-state index >= 15 is 0 Å². The highest BCUT2D eigenvalue weighted by Gasteiger charge is 2.07. The number of nitrogen functional groups attached to an aromatic ring is 1. The Balaban J connectivity index is 1.58. The molecule has 132 valence electrons. The van der Waals surface area contributed by atoms with Crippen LogP contribution in [0.15, 0.2) is 48.5 Å². The molecule has 0 spiro atoms. The van der Waals surface area contributed by atoms with Gasteiger partial charge in [0.05, 0.1) is 13.2 Å². The molecule has 5 heteroatoms. The van der Waals surface area contributed by atoms with Gasteiger partial charge in [0.25, 0.3) is 5.91 Å². The van der Waals surface area contributed by atoms with E-state index in [1.54, 1.807) is 18.2 Å². The number of nitrogens with two attached hydrogens (primary N) is 1. The van der Waals surface area contributed by atoms with Crippen molar-refractivity contribution in [3.63, 3.8) is 0 Å². The fraction of sp³-hybridized carbons (Fsp3) is 0.300. The Kier molecular flexibility index (Phi) is 7.16. The lowest BCUT2D eigenvalue weighted by molar-refractivity contribution is -0.119. The minimum Gasteiger partial charge on any atom is -0.398 e. The number of hydrogen-bond acceptors (Lipinski definition) is 4. The lowest BCUT2D eigenvalue weighted by Crippen LogP contribution is -2.27. The number of anilines is 1. The number of Topliss-reactive ketones (excluding diaryl/α,β-unsaturated/α-hetero) is 1. The van der Waals surface area contributed by atoms with Gasteiger partial charge in [-0.3, -0.25) is 9.59 Å². The van der Waals surface area contributed by atoms with Crippen LogP contribution in [0.4, 0.5) is 5.69 Å². The van der Waals surface area contributed by atoms with Gasteiger partial charge in [-0.2, -0.15) is 0 Å². The molecule has 1 amide bonds. The number of carbonyl (C=O) groups excluding carboxylic acids is 2. The molecule has 2 aromatic carbocycles. The molecule has 0 saturated carbocycles. The highest BCUT2D eigenvalue weighted by atomic mass is 16.5. The zero-order valence-electron chi connectivity index (χ0n) is 14.5. The van der Waals surface area contributed by atoms with Crippen LogP contribution in [0.3, 0.4) is 0 Å². The second-order valence-corrected chi connectivity index (χ2v) is 5.90. The van der Waals surface area contributed by atoms with Crippen LogP contribution < -0.4 is 11.1 Å². The van der Waals surface area contributed by atoms with Crippen molar-refractivity contribution in [3.8, 4) is 0 Å². The van der Waals surface area contributed by atoms with Crippen LogP contribution in [0.5, 0.6) is 0 Å². The van der Waals surface area contributed by atoms with Crippen molar-refractivity contribution in [3.05, 3.63) is 65.2 Å². The summed E-state index contributed by atoms with van der Waals surface area (Å²) in [5.41, 5.74) is 9.04. The van der Waals surface area contributed by atoms with Crippen molar-refractivity contribution in [1.29, 1.82) is 0 Å². The highest BCUT2D eigenvalue weighted by Crippen LogP contribution is 2.12. The average Bonchev–Trinajstić information content (AvgIpc) is 2.60. The first-order valence-corrected chi connectivity index (χ1v) is 8.34. The summed E-state index contributed by atoms with van der Waals surface area (Å²) in [7, 11) is 0. The van der Waals surface area contributed by atoms with E-state index in [0.29, 0.717) is 43.9 Å². The molecule has 0 unspecified atom stereocenters. The van der Waals surface area contributed by atoms with Gasteiger partial charge in [-0.15, -0.1) is 0 Å². The van der Waals surface area contributed by atoms with E-state index in [1.807, 2.05) is 37.3 Å². The van der Waals surface area contributed by atoms with Crippen LogP contribution >= 0.6 is 0 Å². The predicted molar refractivity (Wildman–Crippen MR) is 98.5 cm³/mol. The quantitative estimate of drug-likeness (QED) is 0.543. The summed E-state index contributed by atoms with van der Waals surface area (Å²) in [6, 6.07) is 14.7. The minimum absolute atomic E-state index is 0.0848. The molecule has 0 saturated heterocycles. The van der Waals surface area contributed by atoms with Crippen LogP contribution in [-0.4, -0.2) is 31.4 Å². The molecule has 0 bridgehead atoms. The smallest absolute Gasteiger partial charge is 0.251 e. The Morgan fingerprint density at radius 3 is 2.48 bits per heavy atom. The molecule has 0 aromatic heterocycles. The summed E-state index contributed by atoms with van der Waals surface area (Å²) in [5.74, 6) is -0.0409. The normalized spacial score (nSPS) is 10.4. The SMILES string of the molecule is Cc1ccc(C(=O)NCCOCCC(=O)Cc2ccccc2N)cc1. The standard InChI is InChI=1S/C20H24N2O3/c1-15-6-8-16(9-7-15)20(24)22-11-13-25-12-10-18(23)14-17-4-2-3-5-19(17)21/h2-9H,10-14,21H2,1H3,(H,22,24). The van der Waals surface area contributed by atoms with Gasteiger partial charge in [0.15, 0.2) is 0 Å². The summed E-state index contributed by atoms with van der Waals surface area (Å²) >= 11 is 0. The van der Waals surface area contributed by atoms with Gasteiger partial charge < -0.3 is 15.8 Å². The van der Waals surface area contributed by atoms with Crippen molar-refractivity contribution >= 4 is 17.4 Å². The highest BCUT2D eigenvalue weighted by molar-refractivity contribution is 5.94. The Hall–Kier alpha value is -2.66. The maximum Gasteiger partial charge on any atom is 0.251 e. The third-order valence-corrected chi connectivity index (χ3v) is 3.81. The zero-order chi connectivity index (χ0) is 18.1. The molecule has 0 fully saturated rings. The number of hydrogen-bond donors (Lipinski definition) is 2. The molecule has 0 aliphatic carbocycles. The molecule has 0 aliphatic heterocycles. The molecule has 25 heavy (non-hydrogen) atoms. The maximum atomic E-state index is 11.9. The monoisotopic (exact) mass is 340 g/mol. The number of ether oxygens (including phenoxy) is 1. The van der Waals surface area contributed by atoms with Crippen LogP contribution in [0.2, 0.25) is 0 Å². The summed E-state index contributed by atoms with van der Waals surface area (Å²) in [4.78, 5) is 23.8. The number of aryl methyl sites for hydroxylation is 1. The maximum absolute atomic E-state index is 11.9. The number of benzene rings is 2. The molecular weight excluding hydrogens is 316 g/mol. The number of nitrogens with one attached hydrogen (secondary N) is 1. The van der Waals surface area contributed by atoms with Crippen LogP contribution in [-0.2, 0) is 16.0 Å².